The molecule has 1 aromatic heterocycles. The molecule has 0 saturated heterocycles. The van der Waals surface area contributed by atoms with Gasteiger partial charge in [0.15, 0.2) is 0 Å². The smallest absolute Gasteiger partial charge is 0.243 e. The molecular formula is C10H16N4O2S. The zero-order chi connectivity index (χ0) is 12.5. The molecule has 1 saturated carbocycles. The van der Waals surface area contributed by atoms with Crippen molar-refractivity contribution in [3.8, 4) is 0 Å². The number of anilines is 1. The highest BCUT2D eigenvalue weighted by atomic mass is 32.2. The highest BCUT2D eigenvalue weighted by Gasteiger charge is 2.30. The van der Waals surface area contributed by atoms with Crippen LogP contribution in [0.3, 0.4) is 0 Å². The minimum absolute atomic E-state index is 0.0546. The molecule has 7 heteroatoms. The highest BCUT2D eigenvalue weighted by molar-refractivity contribution is 7.89. The van der Waals surface area contributed by atoms with Crippen LogP contribution in [0.2, 0.25) is 0 Å². The van der Waals surface area contributed by atoms with Crippen LogP contribution in [0.1, 0.15) is 19.8 Å². The van der Waals surface area contributed by atoms with Crippen molar-refractivity contribution in [2.45, 2.75) is 30.7 Å². The average molecular weight is 256 g/mol. The van der Waals surface area contributed by atoms with Crippen LogP contribution in [0, 0.1) is 5.92 Å². The standard InChI is InChI=1S/C10H16N4O2S/c1-7-3-8(4-7)14-17(15,16)9-5-12-10(11-2)13-6-9/h5-8,14H,3-4H2,1-2H3,(H,11,12,13). The average Bonchev–Trinajstić information content (AvgIpc) is 2.27. The minimum Gasteiger partial charge on any atom is -0.357 e. The molecule has 1 heterocycles. The summed E-state index contributed by atoms with van der Waals surface area (Å²) in [5.74, 6) is 1.01. The van der Waals surface area contributed by atoms with E-state index in [9.17, 15) is 8.42 Å². The highest BCUT2D eigenvalue weighted by Crippen LogP contribution is 2.27. The molecule has 6 nitrogen and oxygen atoms in total. The Balaban J connectivity index is 2.08. The van der Waals surface area contributed by atoms with Gasteiger partial charge >= 0.3 is 0 Å². The molecular weight excluding hydrogens is 240 g/mol. The second-order valence-corrected chi connectivity index (χ2v) is 6.10. The molecule has 0 amide bonds. The van der Waals surface area contributed by atoms with E-state index in [2.05, 4.69) is 26.9 Å². The van der Waals surface area contributed by atoms with E-state index in [0.29, 0.717) is 11.9 Å². The Morgan fingerprint density at radius 3 is 2.35 bits per heavy atom. The zero-order valence-electron chi connectivity index (χ0n) is 9.84. The largest absolute Gasteiger partial charge is 0.357 e. The molecule has 94 valence electrons. The van der Waals surface area contributed by atoms with E-state index in [1.807, 2.05) is 0 Å². The number of sulfonamides is 1. The van der Waals surface area contributed by atoms with Crippen LogP contribution in [0.5, 0.6) is 0 Å². The molecule has 0 bridgehead atoms. The van der Waals surface area contributed by atoms with E-state index >= 15 is 0 Å². The quantitative estimate of drug-likeness (QED) is 0.824. The van der Waals surface area contributed by atoms with Crippen LogP contribution >= 0.6 is 0 Å². The second kappa shape index (κ2) is 4.58. The SMILES string of the molecule is CNc1ncc(S(=O)(=O)NC2CC(C)C2)cn1. The number of hydrogen-bond acceptors (Lipinski definition) is 5. The van der Waals surface area contributed by atoms with Crippen molar-refractivity contribution in [1.82, 2.24) is 14.7 Å². The van der Waals surface area contributed by atoms with Gasteiger partial charge in [-0.05, 0) is 18.8 Å². The molecule has 0 radical (unpaired) electrons. The predicted molar refractivity (Wildman–Crippen MR) is 64.1 cm³/mol. The lowest BCUT2D eigenvalue weighted by Crippen LogP contribution is -2.43. The fraction of sp³-hybridized carbons (Fsp3) is 0.600. The monoisotopic (exact) mass is 256 g/mol. The summed E-state index contributed by atoms with van der Waals surface area (Å²) in [4.78, 5) is 7.88. The summed E-state index contributed by atoms with van der Waals surface area (Å²) >= 11 is 0. The van der Waals surface area contributed by atoms with E-state index in [1.165, 1.54) is 12.4 Å². The predicted octanol–water partition coefficient (Wildman–Crippen LogP) is 0.595. The van der Waals surface area contributed by atoms with Gasteiger partial charge in [0.05, 0.1) is 12.4 Å². The molecule has 1 fully saturated rings. The maximum absolute atomic E-state index is 11.9. The van der Waals surface area contributed by atoms with Crippen molar-refractivity contribution in [3.63, 3.8) is 0 Å². The van der Waals surface area contributed by atoms with Crippen molar-refractivity contribution in [3.05, 3.63) is 12.4 Å². The Bertz CT molecular complexity index is 480. The molecule has 17 heavy (non-hydrogen) atoms. The third kappa shape index (κ3) is 2.73. The van der Waals surface area contributed by atoms with Gasteiger partial charge in [-0.25, -0.2) is 23.1 Å². The van der Waals surface area contributed by atoms with Crippen molar-refractivity contribution in [1.29, 1.82) is 0 Å². The maximum atomic E-state index is 11.9. The zero-order valence-corrected chi connectivity index (χ0v) is 10.7. The Morgan fingerprint density at radius 2 is 1.88 bits per heavy atom. The molecule has 1 aromatic rings. The number of aromatic nitrogens is 2. The molecule has 0 aliphatic heterocycles. The Labute approximate surface area is 101 Å². The van der Waals surface area contributed by atoms with E-state index in [4.69, 9.17) is 0 Å². The maximum Gasteiger partial charge on any atom is 0.243 e. The van der Waals surface area contributed by atoms with Crippen LogP contribution in [-0.4, -0.2) is 31.5 Å². The number of rotatable bonds is 4. The van der Waals surface area contributed by atoms with Gasteiger partial charge in [-0.3, -0.25) is 0 Å². The third-order valence-electron chi connectivity index (χ3n) is 2.86. The van der Waals surface area contributed by atoms with Crippen LogP contribution in [-0.2, 0) is 10.0 Å². The Hall–Kier alpha value is -1.21. The van der Waals surface area contributed by atoms with Gasteiger partial charge in [0, 0.05) is 13.1 Å². The van der Waals surface area contributed by atoms with Gasteiger partial charge in [0.2, 0.25) is 16.0 Å². The normalized spacial score (nSPS) is 24.1. The first-order chi connectivity index (χ1) is 8.01. The molecule has 2 rings (SSSR count). The minimum atomic E-state index is -3.47. The van der Waals surface area contributed by atoms with Crippen molar-refractivity contribution < 1.29 is 8.42 Å². The second-order valence-electron chi connectivity index (χ2n) is 4.39. The summed E-state index contributed by atoms with van der Waals surface area (Å²) in [5.41, 5.74) is 0. The molecule has 0 spiro atoms. The summed E-state index contributed by atoms with van der Waals surface area (Å²) in [6.45, 7) is 2.11. The van der Waals surface area contributed by atoms with Gasteiger partial charge in [0.1, 0.15) is 4.90 Å². The number of nitrogens with one attached hydrogen (secondary N) is 2. The molecule has 0 atom stereocenters. The number of nitrogens with zero attached hydrogens (tertiary/aromatic N) is 2. The van der Waals surface area contributed by atoms with E-state index in [-0.39, 0.29) is 10.9 Å². The van der Waals surface area contributed by atoms with Crippen molar-refractivity contribution in [2.24, 2.45) is 5.92 Å². The summed E-state index contributed by atoms with van der Waals surface area (Å²) in [6.07, 6.45) is 4.41. The Kier molecular flexibility index (Phi) is 3.30. The molecule has 1 aliphatic rings. The summed E-state index contributed by atoms with van der Waals surface area (Å²) < 4.78 is 26.5. The lowest BCUT2D eigenvalue weighted by atomic mass is 9.83. The molecule has 0 unspecified atom stereocenters. The summed E-state index contributed by atoms with van der Waals surface area (Å²) in [7, 11) is -1.79. The van der Waals surface area contributed by atoms with Gasteiger partial charge < -0.3 is 5.32 Å². The first kappa shape index (κ1) is 12.3. The van der Waals surface area contributed by atoms with Gasteiger partial charge in [-0.1, -0.05) is 6.92 Å². The first-order valence-corrected chi connectivity index (χ1v) is 7.01. The lowest BCUT2D eigenvalue weighted by Gasteiger charge is -2.32. The first-order valence-electron chi connectivity index (χ1n) is 5.53. The van der Waals surface area contributed by atoms with Crippen LogP contribution in [0.25, 0.3) is 0 Å². The third-order valence-corrected chi connectivity index (χ3v) is 4.33. The fourth-order valence-corrected chi connectivity index (χ4v) is 3.02. The lowest BCUT2D eigenvalue weighted by molar-refractivity contribution is 0.270. The summed E-state index contributed by atoms with van der Waals surface area (Å²) in [5, 5.41) is 2.74. The topological polar surface area (TPSA) is 84.0 Å². The van der Waals surface area contributed by atoms with Crippen LogP contribution in [0.15, 0.2) is 17.3 Å². The van der Waals surface area contributed by atoms with E-state index in [0.717, 1.165) is 12.8 Å². The Morgan fingerprint density at radius 1 is 1.29 bits per heavy atom. The van der Waals surface area contributed by atoms with Crippen molar-refractivity contribution >= 4 is 16.0 Å². The van der Waals surface area contributed by atoms with Crippen LogP contribution in [0.4, 0.5) is 5.95 Å². The number of hydrogen-bond donors (Lipinski definition) is 2. The van der Waals surface area contributed by atoms with Gasteiger partial charge in [-0.15, -0.1) is 0 Å². The molecule has 0 aromatic carbocycles. The van der Waals surface area contributed by atoms with Gasteiger partial charge in [0.25, 0.3) is 0 Å². The molecule has 1 aliphatic carbocycles. The van der Waals surface area contributed by atoms with E-state index < -0.39 is 10.0 Å². The van der Waals surface area contributed by atoms with Crippen molar-refractivity contribution in [2.75, 3.05) is 12.4 Å². The van der Waals surface area contributed by atoms with E-state index in [1.54, 1.807) is 7.05 Å². The summed E-state index contributed by atoms with van der Waals surface area (Å²) in [6, 6.07) is 0.0546. The fourth-order valence-electron chi connectivity index (χ4n) is 1.87. The molecule has 2 N–H and O–H groups in total. The van der Waals surface area contributed by atoms with Crippen LogP contribution < -0.4 is 10.0 Å². The van der Waals surface area contributed by atoms with Gasteiger partial charge in [-0.2, -0.15) is 0 Å².